The van der Waals surface area contributed by atoms with Crippen LogP contribution in [0.15, 0.2) is 65.9 Å². The van der Waals surface area contributed by atoms with E-state index in [1.807, 2.05) is 41.3 Å². The number of rotatable bonds is 5. The molecule has 0 saturated carbocycles. The normalized spacial score (nSPS) is 19.6. The molecule has 2 aromatic rings. The number of para-hydroxylation sites is 1. The Kier molecular flexibility index (Phi) is 6.18. The van der Waals surface area contributed by atoms with Gasteiger partial charge in [0.2, 0.25) is 0 Å². The standard InChI is InChI=1S/C23H25FN4O3/c1-31-22(29)20-18(25-23(30)26-21(20)16-7-3-2-4-8-16)15-27-11-13-28(14-12-27)19-10-6-5-9-17(19)24/h2-10,21H,11-15H2,1H3,(H2,25,26,30)/t21-/m0/s1. The van der Waals surface area contributed by atoms with E-state index in [0.29, 0.717) is 49.7 Å². The second-order valence-corrected chi connectivity index (χ2v) is 7.54. The summed E-state index contributed by atoms with van der Waals surface area (Å²) in [6.45, 7) is 3.04. The van der Waals surface area contributed by atoms with Crippen molar-refractivity contribution in [3.8, 4) is 0 Å². The highest BCUT2D eigenvalue weighted by Crippen LogP contribution is 2.28. The number of benzene rings is 2. The molecule has 1 atom stereocenters. The van der Waals surface area contributed by atoms with Crippen molar-refractivity contribution < 1.29 is 18.7 Å². The van der Waals surface area contributed by atoms with Gasteiger partial charge in [-0.05, 0) is 17.7 Å². The van der Waals surface area contributed by atoms with Crippen LogP contribution in [0.25, 0.3) is 0 Å². The number of nitrogens with one attached hydrogen (secondary N) is 2. The Morgan fingerprint density at radius 1 is 1.06 bits per heavy atom. The van der Waals surface area contributed by atoms with E-state index < -0.39 is 12.0 Å². The highest BCUT2D eigenvalue weighted by molar-refractivity contribution is 5.95. The fourth-order valence-corrected chi connectivity index (χ4v) is 4.07. The number of amides is 2. The Balaban J connectivity index is 1.54. The molecule has 1 saturated heterocycles. The summed E-state index contributed by atoms with van der Waals surface area (Å²) in [6, 6.07) is 15.1. The van der Waals surface area contributed by atoms with Gasteiger partial charge < -0.3 is 20.3 Å². The van der Waals surface area contributed by atoms with Crippen molar-refractivity contribution in [1.29, 1.82) is 0 Å². The van der Waals surface area contributed by atoms with Gasteiger partial charge in [-0.1, -0.05) is 42.5 Å². The van der Waals surface area contributed by atoms with Crippen LogP contribution in [-0.4, -0.2) is 56.7 Å². The van der Waals surface area contributed by atoms with E-state index >= 15 is 0 Å². The summed E-state index contributed by atoms with van der Waals surface area (Å²) in [5, 5.41) is 5.62. The molecular formula is C23H25FN4O3. The maximum atomic E-state index is 14.1. The van der Waals surface area contributed by atoms with Gasteiger partial charge in [0.05, 0.1) is 24.4 Å². The fourth-order valence-electron chi connectivity index (χ4n) is 4.07. The molecule has 2 amide bonds. The Morgan fingerprint density at radius 2 is 1.74 bits per heavy atom. The second kappa shape index (κ2) is 9.18. The van der Waals surface area contributed by atoms with E-state index in [0.717, 1.165) is 5.56 Å². The zero-order valence-corrected chi connectivity index (χ0v) is 17.3. The van der Waals surface area contributed by atoms with Crippen molar-refractivity contribution in [1.82, 2.24) is 15.5 Å². The minimum Gasteiger partial charge on any atom is -0.466 e. The van der Waals surface area contributed by atoms with Gasteiger partial charge in [0.1, 0.15) is 5.82 Å². The number of halogens is 1. The van der Waals surface area contributed by atoms with Crippen LogP contribution >= 0.6 is 0 Å². The van der Waals surface area contributed by atoms with Crippen molar-refractivity contribution in [2.45, 2.75) is 6.04 Å². The van der Waals surface area contributed by atoms with Crippen LogP contribution < -0.4 is 15.5 Å². The number of hydrogen-bond donors (Lipinski definition) is 2. The van der Waals surface area contributed by atoms with E-state index in [1.54, 1.807) is 12.1 Å². The number of carbonyl (C=O) groups is 2. The van der Waals surface area contributed by atoms with Crippen LogP contribution in [0.1, 0.15) is 11.6 Å². The van der Waals surface area contributed by atoms with E-state index in [4.69, 9.17) is 4.74 Å². The maximum Gasteiger partial charge on any atom is 0.338 e. The monoisotopic (exact) mass is 424 g/mol. The number of nitrogens with zero attached hydrogens (tertiary/aromatic N) is 2. The molecule has 0 radical (unpaired) electrons. The quantitative estimate of drug-likeness (QED) is 0.722. The van der Waals surface area contributed by atoms with Gasteiger partial charge in [-0.3, -0.25) is 4.90 Å². The molecule has 8 heteroatoms. The third-order valence-electron chi connectivity index (χ3n) is 5.64. The maximum absolute atomic E-state index is 14.1. The highest BCUT2D eigenvalue weighted by atomic mass is 19.1. The predicted molar refractivity (Wildman–Crippen MR) is 115 cm³/mol. The zero-order valence-electron chi connectivity index (χ0n) is 17.3. The molecule has 0 aromatic heterocycles. The average Bonchev–Trinajstić information content (AvgIpc) is 2.80. The summed E-state index contributed by atoms with van der Waals surface area (Å²) < 4.78 is 19.1. The summed E-state index contributed by atoms with van der Waals surface area (Å²) in [5.41, 5.74) is 2.32. The molecule has 7 nitrogen and oxygen atoms in total. The number of anilines is 1. The van der Waals surface area contributed by atoms with Crippen molar-refractivity contribution in [3.63, 3.8) is 0 Å². The van der Waals surface area contributed by atoms with Crippen LogP contribution in [0.3, 0.4) is 0 Å². The first-order valence-electron chi connectivity index (χ1n) is 10.2. The van der Waals surface area contributed by atoms with Crippen LogP contribution in [0, 0.1) is 5.82 Å². The molecule has 31 heavy (non-hydrogen) atoms. The molecule has 0 unspecified atom stereocenters. The number of ether oxygens (including phenoxy) is 1. The lowest BCUT2D eigenvalue weighted by Crippen LogP contribution is -2.51. The molecule has 4 rings (SSSR count). The molecule has 2 aliphatic heterocycles. The van der Waals surface area contributed by atoms with Crippen molar-refractivity contribution in [2.75, 3.05) is 44.7 Å². The number of hydrogen-bond acceptors (Lipinski definition) is 5. The second-order valence-electron chi connectivity index (χ2n) is 7.54. The van der Waals surface area contributed by atoms with Gasteiger partial charge in [0.15, 0.2) is 0 Å². The first-order valence-corrected chi connectivity index (χ1v) is 10.2. The molecule has 0 bridgehead atoms. The average molecular weight is 424 g/mol. The smallest absolute Gasteiger partial charge is 0.338 e. The molecule has 2 aliphatic rings. The summed E-state index contributed by atoms with van der Waals surface area (Å²) in [6.07, 6.45) is 0. The Labute approximate surface area is 180 Å². The number of esters is 1. The first-order chi connectivity index (χ1) is 15.1. The molecule has 0 spiro atoms. The lowest BCUT2D eigenvalue weighted by Gasteiger charge is -2.38. The van der Waals surface area contributed by atoms with Crippen molar-refractivity contribution in [3.05, 3.63) is 77.2 Å². The Morgan fingerprint density at radius 3 is 2.42 bits per heavy atom. The Bertz CT molecular complexity index is 987. The number of urea groups is 1. The van der Waals surface area contributed by atoms with Crippen molar-refractivity contribution >= 4 is 17.7 Å². The molecule has 162 valence electrons. The molecule has 2 heterocycles. The van der Waals surface area contributed by atoms with Crippen LogP contribution in [0.5, 0.6) is 0 Å². The fraction of sp³-hybridized carbons (Fsp3) is 0.304. The van der Waals surface area contributed by atoms with Crippen molar-refractivity contribution in [2.24, 2.45) is 0 Å². The van der Waals surface area contributed by atoms with Gasteiger partial charge in [-0.2, -0.15) is 0 Å². The summed E-state index contributed by atoms with van der Waals surface area (Å²) in [7, 11) is 1.33. The van der Waals surface area contributed by atoms with Crippen LogP contribution in [0.4, 0.5) is 14.9 Å². The largest absolute Gasteiger partial charge is 0.466 e. The lowest BCUT2D eigenvalue weighted by molar-refractivity contribution is -0.136. The van der Waals surface area contributed by atoms with Gasteiger partial charge in [0.25, 0.3) is 0 Å². The summed E-state index contributed by atoms with van der Waals surface area (Å²) in [4.78, 5) is 29.1. The molecule has 0 aliphatic carbocycles. The minimum absolute atomic E-state index is 0.233. The SMILES string of the molecule is COC(=O)C1=C(CN2CCN(c3ccccc3F)CC2)NC(=O)N[C@H]1c1ccccc1. The van der Waals surface area contributed by atoms with E-state index in [1.165, 1.54) is 13.2 Å². The lowest BCUT2D eigenvalue weighted by atomic mass is 9.95. The van der Waals surface area contributed by atoms with E-state index in [2.05, 4.69) is 15.5 Å². The molecule has 1 fully saturated rings. The number of methoxy groups -OCH3 is 1. The van der Waals surface area contributed by atoms with Gasteiger partial charge in [0, 0.05) is 38.4 Å². The summed E-state index contributed by atoms with van der Waals surface area (Å²) >= 11 is 0. The highest BCUT2D eigenvalue weighted by Gasteiger charge is 2.34. The van der Waals surface area contributed by atoms with Gasteiger partial charge in [-0.15, -0.1) is 0 Å². The first kappa shape index (κ1) is 20.9. The molecular weight excluding hydrogens is 399 g/mol. The minimum atomic E-state index is -0.586. The zero-order chi connectivity index (χ0) is 21.8. The van der Waals surface area contributed by atoms with Crippen LogP contribution in [-0.2, 0) is 9.53 Å². The predicted octanol–water partition coefficient (Wildman–Crippen LogP) is 2.43. The number of piperazine rings is 1. The van der Waals surface area contributed by atoms with Gasteiger partial charge >= 0.3 is 12.0 Å². The van der Waals surface area contributed by atoms with E-state index in [9.17, 15) is 14.0 Å². The third kappa shape index (κ3) is 4.54. The van der Waals surface area contributed by atoms with Gasteiger partial charge in [-0.25, -0.2) is 14.0 Å². The third-order valence-corrected chi connectivity index (χ3v) is 5.64. The number of carbonyl (C=O) groups excluding carboxylic acids is 2. The topological polar surface area (TPSA) is 73.9 Å². The molecule has 2 aromatic carbocycles. The van der Waals surface area contributed by atoms with Crippen LogP contribution in [0.2, 0.25) is 0 Å². The van der Waals surface area contributed by atoms with E-state index in [-0.39, 0.29) is 11.8 Å². The molecule has 2 N–H and O–H groups in total. The summed E-state index contributed by atoms with van der Waals surface area (Å²) in [5.74, 6) is -0.718. The Hall–Kier alpha value is -3.39.